The maximum absolute atomic E-state index is 14.3. The van der Waals surface area contributed by atoms with Crippen LogP contribution >= 0.6 is 11.8 Å². The van der Waals surface area contributed by atoms with Gasteiger partial charge in [-0.15, -0.1) is 0 Å². The van der Waals surface area contributed by atoms with Gasteiger partial charge in [0.15, 0.2) is 0 Å². The van der Waals surface area contributed by atoms with Gasteiger partial charge in [-0.3, -0.25) is 10.5 Å². The SMILES string of the molecule is CC(=N)/C(C)=C1\C(=N)Sc2c1n[nH]c2NCC1C=C(F)C(C(C)(C)O)=CC1. The highest BCUT2D eigenvalue weighted by molar-refractivity contribution is 8.15. The molecule has 0 fully saturated rings. The Kier molecular flexibility index (Phi) is 5.14. The van der Waals surface area contributed by atoms with Crippen LogP contribution in [0.1, 0.15) is 39.8 Å². The van der Waals surface area contributed by atoms with Gasteiger partial charge in [0.1, 0.15) is 22.4 Å². The van der Waals surface area contributed by atoms with Crippen LogP contribution in [0.2, 0.25) is 0 Å². The van der Waals surface area contributed by atoms with Gasteiger partial charge in [0.25, 0.3) is 0 Å². The fourth-order valence-corrected chi connectivity index (χ4v) is 4.19. The lowest BCUT2D eigenvalue weighted by atomic mass is 9.88. The van der Waals surface area contributed by atoms with Crippen molar-refractivity contribution in [1.82, 2.24) is 10.2 Å². The Labute approximate surface area is 162 Å². The van der Waals surface area contributed by atoms with Gasteiger partial charge < -0.3 is 15.8 Å². The molecule has 0 aromatic carbocycles. The van der Waals surface area contributed by atoms with Crippen LogP contribution in [0.4, 0.5) is 10.2 Å². The number of halogens is 1. The van der Waals surface area contributed by atoms with E-state index in [0.29, 0.717) is 46.4 Å². The van der Waals surface area contributed by atoms with Crippen LogP contribution in [0.25, 0.3) is 5.57 Å². The Morgan fingerprint density at radius 1 is 1.48 bits per heavy atom. The first-order valence-corrected chi connectivity index (χ1v) is 9.57. The molecule has 0 saturated heterocycles. The molecule has 0 amide bonds. The lowest BCUT2D eigenvalue weighted by molar-refractivity contribution is 0.117. The normalized spacial score (nSPS) is 21.6. The van der Waals surface area contributed by atoms with Crippen molar-refractivity contribution >= 4 is 33.9 Å². The summed E-state index contributed by atoms with van der Waals surface area (Å²) in [5.74, 6) is 0.284. The lowest BCUT2D eigenvalue weighted by Gasteiger charge is -2.25. The summed E-state index contributed by atoms with van der Waals surface area (Å²) in [4.78, 5) is 0.837. The standard InChI is InChI=1S/C19H24FN5OS/c1-9(10(2)21)14-15-16(27-17(14)22)18(25-24-15)23-8-11-5-6-12(13(20)7-11)19(3,4)26/h6-7,11,21-22,26H,5,8H2,1-4H3,(H2,23,24,25)/b14-9-,21-10?,22-17?. The van der Waals surface area contributed by atoms with E-state index in [2.05, 4.69) is 15.5 Å². The van der Waals surface area contributed by atoms with E-state index in [4.69, 9.17) is 10.8 Å². The summed E-state index contributed by atoms with van der Waals surface area (Å²) in [6.07, 6.45) is 3.93. The fourth-order valence-electron chi connectivity index (χ4n) is 3.17. The molecule has 1 aliphatic carbocycles. The van der Waals surface area contributed by atoms with E-state index < -0.39 is 5.60 Å². The van der Waals surface area contributed by atoms with Crippen LogP contribution in [-0.4, -0.2) is 38.2 Å². The van der Waals surface area contributed by atoms with Gasteiger partial charge in [-0.05, 0) is 45.8 Å². The minimum atomic E-state index is -1.19. The zero-order valence-electron chi connectivity index (χ0n) is 15.8. The monoisotopic (exact) mass is 389 g/mol. The zero-order chi connectivity index (χ0) is 19.9. The second kappa shape index (κ2) is 7.09. The Balaban J connectivity index is 1.73. The number of nitrogens with one attached hydrogen (secondary N) is 4. The van der Waals surface area contributed by atoms with Gasteiger partial charge in [0, 0.05) is 29.3 Å². The summed E-state index contributed by atoms with van der Waals surface area (Å²) in [5.41, 5.74) is 1.67. The number of fused-ring (bicyclic) bond motifs is 1. The molecule has 0 radical (unpaired) electrons. The molecule has 2 heterocycles. The maximum atomic E-state index is 14.3. The van der Waals surface area contributed by atoms with Crippen LogP contribution < -0.4 is 5.32 Å². The third kappa shape index (κ3) is 3.77. The third-order valence-electron chi connectivity index (χ3n) is 4.79. The highest BCUT2D eigenvalue weighted by Crippen LogP contribution is 2.45. The van der Waals surface area contributed by atoms with Crippen molar-refractivity contribution in [1.29, 1.82) is 10.8 Å². The number of thioether (sulfide) groups is 1. The molecule has 0 bridgehead atoms. The van der Waals surface area contributed by atoms with E-state index in [0.717, 1.165) is 10.5 Å². The molecule has 0 saturated carbocycles. The first-order chi connectivity index (χ1) is 12.6. The summed E-state index contributed by atoms with van der Waals surface area (Å²) >= 11 is 1.31. The van der Waals surface area contributed by atoms with Crippen LogP contribution in [0.15, 0.2) is 34.0 Å². The number of nitrogens with zero attached hydrogens (tertiary/aromatic N) is 1. The molecule has 5 N–H and O–H groups in total. The summed E-state index contributed by atoms with van der Waals surface area (Å²) in [7, 11) is 0. The van der Waals surface area contributed by atoms with Crippen molar-refractivity contribution in [2.45, 2.75) is 44.6 Å². The van der Waals surface area contributed by atoms with Gasteiger partial charge >= 0.3 is 0 Å². The first kappa shape index (κ1) is 19.6. The van der Waals surface area contributed by atoms with Gasteiger partial charge in [-0.1, -0.05) is 17.8 Å². The average molecular weight is 390 g/mol. The molecule has 1 aromatic rings. The predicted octanol–water partition coefficient (Wildman–Crippen LogP) is 4.29. The van der Waals surface area contributed by atoms with Gasteiger partial charge in [0.05, 0.1) is 10.5 Å². The minimum Gasteiger partial charge on any atom is -0.386 e. The number of anilines is 1. The molecular formula is C19H24FN5OS. The molecule has 0 spiro atoms. The topological polar surface area (TPSA) is 109 Å². The van der Waals surface area contributed by atoms with Crippen molar-refractivity contribution in [3.05, 3.63) is 34.8 Å². The molecule has 6 nitrogen and oxygen atoms in total. The number of allylic oxidation sites excluding steroid dienone is 2. The number of hydrogen-bond donors (Lipinski definition) is 5. The molecule has 3 rings (SSSR count). The minimum absolute atomic E-state index is 0.0403. The summed E-state index contributed by atoms with van der Waals surface area (Å²) < 4.78 is 14.3. The van der Waals surface area contributed by atoms with Crippen molar-refractivity contribution in [2.75, 3.05) is 11.9 Å². The van der Waals surface area contributed by atoms with Crippen molar-refractivity contribution < 1.29 is 9.50 Å². The molecule has 1 unspecified atom stereocenters. The van der Waals surface area contributed by atoms with Crippen LogP contribution in [-0.2, 0) is 0 Å². The molecule has 2 aliphatic rings. The van der Waals surface area contributed by atoms with Gasteiger partial charge in [-0.25, -0.2) is 4.39 Å². The Morgan fingerprint density at radius 3 is 2.78 bits per heavy atom. The second-order valence-corrected chi connectivity index (χ2v) is 8.42. The molecule has 8 heteroatoms. The fraction of sp³-hybridized carbons (Fsp3) is 0.421. The number of rotatable bonds is 5. The highest BCUT2D eigenvalue weighted by Gasteiger charge is 2.31. The number of aromatic nitrogens is 2. The molecule has 144 valence electrons. The van der Waals surface area contributed by atoms with Gasteiger partial charge in [0.2, 0.25) is 0 Å². The molecule has 1 atom stereocenters. The number of aliphatic hydroxyl groups is 1. The Bertz CT molecular complexity index is 904. The third-order valence-corrected chi connectivity index (χ3v) is 5.80. The van der Waals surface area contributed by atoms with E-state index >= 15 is 0 Å². The van der Waals surface area contributed by atoms with Crippen molar-refractivity contribution in [3.8, 4) is 0 Å². The highest BCUT2D eigenvalue weighted by atomic mass is 32.2. The van der Waals surface area contributed by atoms with Crippen LogP contribution in [0.3, 0.4) is 0 Å². The smallest absolute Gasteiger partial charge is 0.136 e. The average Bonchev–Trinajstić information content (AvgIpc) is 3.08. The van der Waals surface area contributed by atoms with E-state index in [1.807, 2.05) is 6.92 Å². The van der Waals surface area contributed by atoms with E-state index in [9.17, 15) is 9.50 Å². The van der Waals surface area contributed by atoms with Crippen LogP contribution in [0, 0.1) is 16.7 Å². The molecular weight excluding hydrogens is 365 g/mol. The largest absolute Gasteiger partial charge is 0.386 e. The van der Waals surface area contributed by atoms with Crippen molar-refractivity contribution in [3.63, 3.8) is 0 Å². The molecule has 1 aromatic heterocycles. The van der Waals surface area contributed by atoms with Gasteiger partial charge in [-0.2, -0.15) is 5.10 Å². The summed E-state index contributed by atoms with van der Waals surface area (Å²) in [6, 6.07) is 0. The zero-order valence-corrected chi connectivity index (χ0v) is 16.6. The maximum Gasteiger partial charge on any atom is 0.136 e. The van der Waals surface area contributed by atoms with Crippen molar-refractivity contribution in [2.24, 2.45) is 5.92 Å². The van der Waals surface area contributed by atoms with E-state index in [-0.39, 0.29) is 11.7 Å². The predicted molar refractivity (Wildman–Crippen MR) is 108 cm³/mol. The lowest BCUT2D eigenvalue weighted by Crippen LogP contribution is -2.25. The second-order valence-electron chi connectivity index (χ2n) is 7.40. The number of H-pyrrole nitrogens is 1. The number of aromatic amines is 1. The number of hydrogen-bond acceptors (Lipinski definition) is 6. The summed E-state index contributed by atoms with van der Waals surface area (Å²) in [5, 5.41) is 36.9. The first-order valence-electron chi connectivity index (χ1n) is 8.76. The molecule has 27 heavy (non-hydrogen) atoms. The Morgan fingerprint density at radius 2 is 2.19 bits per heavy atom. The Hall–Kier alpha value is -2.19. The summed E-state index contributed by atoms with van der Waals surface area (Å²) in [6.45, 7) is 7.19. The molecule has 1 aliphatic heterocycles. The van der Waals surface area contributed by atoms with Crippen LogP contribution in [0.5, 0.6) is 0 Å². The quantitative estimate of drug-likeness (QED) is 0.484. The van der Waals surface area contributed by atoms with E-state index in [1.165, 1.54) is 11.8 Å². The van der Waals surface area contributed by atoms with E-state index in [1.54, 1.807) is 32.9 Å².